The first-order valence-corrected chi connectivity index (χ1v) is 4.70. The summed E-state index contributed by atoms with van der Waals surface area (Å²) in [5, 5.41) is 11.4. The monoisotopic (exact) mass is 191 g/mol. The van der Waals surface area contributed by atoms with Crippen LogP contribution in [0.2, 0.25) is 0 Å². The van der Waals surface area contributed by atoms with Gasteiger partial charge in [-0.1, -0.05) is 13.8 Å². The average Bonchev–Trinajstić information content (AvgIpc) is 2.21. The van der Waals surface area contributed by atoms with Crippen molar-refractivity contribution in [3.05, 3.63) is 29.8 Å². The average molecular weight is 191 g/mol. The van der Waals surface area contributed by atoms with Crippen molar-refractivity contribution >= 4 is 5.69 Å². The van der Waals surface area contributed by atoms with Crippen LogP contribution in [0.3, 0.4) is 0 Å². The van der Waals surface area contributed by atoms with Crippen LogP contribution in [0.25, 0.3) is 0 Å². The van der Waals surface area contributed by atoms with Crippen molar-refractivity contribution < 1.29 is 0 Å². The van der Waals surface area contributed by atoms with E-state index in [1.807, 2.05) is 6.07 Å². The molecule has 0 radical (unpaired) electrons. The predicted octanol–water partition coefficient (Wildman–Crippen LogP) is 1.76. The molecule has 0 spiro atoms. The highest BCUT2D eigenvalue weighted by molar-refractivity contribution is 5.42. The molecule has 0 aliphatic rings. The number of nitriles is 1. The van der Waals surface area contributed by atoms with Crippen molar-refractivity contribution in [2.24, 2.45) is 0 Å². The molecule has 14 heavy (non-hydrogen) atoms. The highest BCUT2D eigenvalue weighted by Gasteiger charge is 1.85. The van der Waals surface area contributed by atoms with Gasteiger partial charge in [0.1, 0.15) is 0 Å². The van der Waals surface area contributed by atoms with E-state index in [-0.39, 0.29) is 0 Å². The number of benzene rings is 1. The second-order valence-electron chi connectivity index (χ2n) is 2.69. The number of nitrogens with two attached hydrogens (primary N) is 1. The summed E-state index contributed by atoms with van der Waals surface area (Å²) in [4.78, 5) is 0. The van der Waals surface area contributed by atoms with E-state index in [9.17, 15) is 0 Å². The maximum Gasteiger partial charge on any atom is 0.0991 e. The molecule has 1 aromatic rings. The zero-order valence-corrected chi connectivity index (χ0v) is 8.75. The highest BCUT2D eigenvalue weighted by atomic mass is 14.8. The lowest BCUT2D eigenvalue weighted by Gasteiger charge is -1.88. The van der Waals surface area contributed by atoms with E-state index in [0.29, 0.717) is 11.3 Å². The van der Waals surface area contributed by atoms with Gasteiger partial charge < -0.3 is 11.1 Å². The van der Waals surface area contributed by atoms with Gasteiger partial charge in [0.05, 0.1) is 11.6 Å². The standard InChI is InChI=1S/C7H6N2.C4H11N/c8-5-6-1-3-7(9)4-2-6;1-3-5-4-2/h1-4H,9H2;5H,3-4H2,1-2H3. The second kappa shape index (κ2) is 8.09. The van der Waals surface area contributed by atoms with Gasteiger partial charge in [0.25, 0.3) is 0 Å². The molecular weight excluding hydrogens is 174 g/mol. The molecule has 0 saturated heterocycles. The normalized spacial score (nSPS) is 8.36. The summed E-state index contributed by atoms with van der Waals surface area (Å²) in [6.07, 6.45) is 0. The minimum absolute atomic E-state index is 0.643. The summed E-state index contributed by atoms with van der Waals surface area (Å²) in [6.45, 7) is 6.39. The Morgan fingerprint density at radius 3 is 2.00 bits per heavy atom. The fraction of sp³-hybridized carbons (Fsp3) is 0.364. The Morgan fingerprint density at radius 1 is 1.21 bits per heavy atom. The number of nitrogen functional groups attached to an aromatic ring is 1. The maximum absolute atomic E-state index is 8.34. The van der Waals surface area contributed by atoms with Gasteiger partial charge in [-0.05, 0) is 37.4 Å². The van der Waals surface area contributed by atoms with Gasteiger partial charge in [0.2, 0.25) is 0 Å². The van der Waals surface area contributed by atoms with Crippen LogP contribution in [0.15, 0.2) is 24.3 Å². The largest absolute Gasteiger partial charge is 0.399 e. The molecule has 0 unspecified atom stereocenters. The topological polar surface area (TPSA) is 61.8 Å². The highest BCUT2D eigenvalue weighted by Crippen LogP contribution is 2.02. The van der Waals surface area contributed by atoms with Crippen LogP contribution in [0.4, 0.5) is 5.69 Å². The minimum Gasteiger partial charge on any atom is -0.399 e. The molecule has 0 amide bonds. The van der Waals surface area contributed by atoms with E-state index in [4.69, 9.17) is 11.0 Å². The summed E-state index contributed by atoms with van der Waals surface area (Å²) < 4.78 is 0. The van der Waals surface area contributed by atoms with Crippen molar-refractivity contribution in [1.82, 2.24) is 5.32 Å². The summed E-state index contributed by atoms with van der Waals surface area (Å²) in [5.74, 6) is 0. The number of hydrogen-bond donors (Lipinski definition) is 2. The van der Waals surface area contributed by atoms with Crippen LogP contribution in [-0.4, -0.2) is 13.1 Å². The zero-order chi connectivity index (χ0) is 10.8. The molecule has 0 heterocycles. The van der Waals surface area contributed by atoms with Gasteiger partial charge in [-0.2, -0.15) is 5.26 Å². The Kier molecular flexibility index (Phi) is 7.20. The van der Waals surface area contributed by atoms with Crippen molar-refractivity contribution in [2.75, 3.05) is 18.8 Å². The Morgan fingerprint density at radius 2 is 1.71 bits per heavy atom. The summed E-state index contributed by atoms with van der Waals surface area (Å²) >= 11 is 0. The zero-order valence-electron chi connectivity index (χ0n) is 8.75. The Bertz CT molecular complexity index is 270. The van der Waals surface area contributed by atoms with E-state index in [0.717, 1.165) is 13.1 Å². The lowest BCUT2D eigenvalue weighted by Crippen LogP contribution is -2.09. The predicted molar refractivity (Wildman–Crippen MR) is 59.8 cm³/mol. The fourth-order valence-corrected chi connectivity index (χ4v) is 0.808. The molecule has 3 N–H and O–H groups in total. The molecule has 1 aromatic carbocycles. The van der Waals surface area contributed by atoms with Crippen LogP contribution in [0.5, 0.6) is 0 Å². The number of nitrogens with zero attached hydrogens (tertiary/aromatic N) is 1. The van der Waals surface area contributed by atoms with Crippen LogP contribution < -0.4 is 11.1 Å². The number of nitrogens with one attached hydrogen (secondary N) is 1. The lowest BCUT2D eigenvalue weighted by molar-refractivity contribution is 0.762. The van der Waals surface area contributed by atoms with Gasteiger partial charge in [-0.25, -0.2) is 0 Å². The second-order valence-corrected chi connectivity index (χ2v) is 2.69. The quantitative estimate of drug-likeness (QED) is 0.700. The molecular formula is C11H17N3. The number of hydrogen-bond acceptors (Lipinski definition) is 3. The Hall–Kier alpha value is -1.53. The van der Waals surface area contributed by atoms with Crippen LogP contribution in [0, 0.1) is 11.3 Å². The summed E-state index contributed by atoms with van der Waals surface area (Å²) in [7, 11) is 0. The van der Waals surface area contributed by atoms with Crippen LogP contribution in [-0.2, 0) is 0 Å². The maximum atomic E-state index is 8.34. The summed E-state index contributed by atoms with van der Waals surface area (Å²) in [5.41, 5.74) is 6.70. The van der Waals surface area contributed by atoms with E-state index >= 15 is 0 Å². The molecule has 0 aliphatic carbocycles. The van der Waals surface area contributed by atoms with Crippen molar-refractivity contribution in [3.8, 4) is 6.07 Å². The third-order valence-corrected chi connectivity index (χ3v) is 1.54. The van der Waals surface area contributed by atoms with E-state index in [1.165, 1.54) is 0 Å². The minimum atomic E-state index is 0.643. The van der Waals surface area contributed by atoms with Gasteiger partial charge in [-0.15, -0.1) is 0 Å². The first-order valence-electron chi connectivity index (χ1n) is 4.70. The molecule has 0 fully saturated rings. The third-order valence-electron chi connectivity index (χ3n) is 1.54. The number of rotatable bonds is 2. The Balaban J connectivity index is 0.000000292. The van der Waals surface area contributed by atoms with Crippen molar-refractivity contribution in [1.29, 1.82) is 5.26 Å². The Labute approximate surface area is 85.5 Å². The van der Waals surface area contributed by atoms with Crippen LogP contribution >= 0.6 is 0 Å². The van der Waals surface area contributed by atoms with Crippen molar-refractivity contribution in [3.63, 3.8) is 0 Å². The third kappa shape index (κ3) is 6.04. The van der Waals surface area contributed by atoms with E-state index in [2.05, 4.69) is 19.2 Å². The molecule has 1 rings (SSSR count). The van der Waals surface area contributed by atoms with E-state index < -0.39 is 0 Å². The first-order chi connectivity index (χ1) is 6.74. The first kappa shape index (κ1) is 12.5. The molecule has 3 nitrogen and oxygen atoms in total. The van der Waals surface area contributed by atoms with Gasteiger partial charge in [-0.3, -0.25) is 0 Å². The van der Waals surface area contributed by atoms with Gasteiger partial charge >= 0.3 is 0 Å². The lowest BCUT2D eigenvalue weighted by atomic mass is 10.2. The van der Waals surface area contributed by atoms with Gasteiger partial charge in [0.15, 0.2) is 0 Å². The molecule has 0 aliphatic heterocycles. The smallest absolute Gasteiger partial charge is 0.0991 e. The SMILES string of the molecule is CCNCC.N#Cc1ccc(N)cc1. The molecule has 0 bridgehead atoms. The van der Waals surface area contributed by atoms with Gasteiger partial charge in [0, 0.05) is 5.69 Å². The van der Waals surface area contributed by atoms with Crippen LogP contribution in [0.1, 0.15) is 19.4 Å². The number of anilines is 1. The fourth-order valence-electron chi connectivity index (χ4n) is 0.808. The molecule has 0 saturated carbocycles. The molecule has 0 atom stereocenters. The summed E-state index contributed by atoms with van der Waals surface area (Å²) in [6, 6.07) is 8.79. The molecule has 3 heteroatoms. The molecule has 76 valence electrons. The van der Waals surface area contributed by atoms with Crippen molar-refractivity contribution in [2.45, 2.75) is 13.8 Å². The molecule has 0 aromatic heterocycles. The van der Waals surface area contributed by atoms with E-state index in [1.54, 1.807) is 24.3 Å².